The summed E-state index contributed by atoms with van der Waals surface area (Å²) in [6.07, 6.45) is 0. The van der Waals surface area contributed by atoms with E-state index in [0.717, 1.165) is 30.3 Å². The quantitative estimate of drug-likeness (QED) is 0.903. The number of carbonyl (C=O) groups is 1. The van der Waals surface area contributed by atoms with Crippen molar-refractivity contribution in [2.45, 2.75) is 4.90 Å². The van der Waals surface area contributed by atoms with Gasteiger partial charge in [-0.25, -0.2) is 17.2 Å². The van der Waals surface area contributed by atoms with Crippen LogP contribution in [0.25, 0.3) is 0 Å². The molecule has 8 heteroatoms. The van der Waals surface area contributed by atoms with E-state index in [0.29, 0.717) is 0 Å². The Hall–Kier alpha value is -2.48. The van der Waals surface area contributed by atoms with Crippen molar-refractivity contribution in [3.05, 3.63) is 59.7 Å². The number of halogens is 2. The average Bonchev–Trinajstić information content (AvgIpc) is 2.40. The zero-order valence-electron chi connectivity index (χ0n) is 10.5. The van der Waals surface area contributed by atoms with Crippen molar-refractivity contribution < 1.29 is 22.0 Å². The highest BCUT2D eigenvalue weighted by Crippen LogP contribution is 2.21. The first-order chi connectivity index (χ1) is 9.81. The van der Waals surface area contributed by atoms with Crippen LogP contribution in [0.5, 0.6) is 0 Å². The third kappa shape index (κ3) is 3.16. The van der Waals surface area contributed by atoms with Crippen molar-refractivity contribution in [1.82, 2.24) is 0 Å². The van der Waals surface area contributed by atoms with E-state index in [1.54, 1.807) is 0 Å². The van der Waals surface area contributed by atoms with Gasteiger partial charge in [-0.3, -0.25) is 9.52 Å². The maximum atomic E-state index is 13.9. The van der Waals surface area contributed by atoms with Crippen LogP contribution in [0.1, 0.15) is 10.4 Å². The molecule has 2 aromatic rings. The van der Waals surface area contributed by atoms with Crippen molar-refractivity contribution in [3.8, 4) is 0 Å². The molecule has 0 saturated carbocycles. The molecule has 0 radical (unpaired) electrons. The Labute approximate surface area is 119 Å². The maximum Gasteiger partial charge on any atom is 0.262 e. The summed E-state index contributed by atoms with van der Waals surface area (Å²) < 4.78 is 53.0. The van der Waals surface area contributed by atoms with Crippen molar-refractivity contribution in [2.75, 3.05) is 4.72 Å². The fourth-order valence-electron chi connectivity index (χ4n) is 1.64. The number of primary amides is 1. The number of rotatable bonds is 4. The molecule has 5 nitrogen and oxygen atoms in total. The van der Waals surface area contributed by atoms with Gasteiger partial charge in [0.2, 0.25) is 0 Å². The second kappa shape index (κ2) is 5.49. The van der Waals surface area contributed by atoms with Gasteiger partial charge in [0.25, 0.3) is 15.9 Å². The fourth-order valence-corrected chi connectivity index (χ4v) is 2.73. The highest BCUT2D eigenvalue weighted by Gasteiger charge is 2.19. The highest BCUT2D eigenvalue weighted by molar-refractivity contribution is 7.92. The molecule has 0 aliphatic heterocycles. The third-order valence-corrected chi connectivity index (χ3v) is 3.98. The van der Waals surface area contributed by atoms with Gasteiger partial charge in [-0.05, 0) is 30.3 Å². The van der Waals surface area contributed by atoms with E-state index in [2.05, 4.69) is 0 Å². The molecule has 0 aromatic heterocycles. The molecule has 0 bridgehead atoms. The van der Waals surface area contributed by atoms with Gasteiger partial charge >= 0.3 is 0 Å². The van der Waals surface area contributed by atoms with Crippen LogP contribution < -0.4 is 10.5 Å². The molecule has 0 unspecified atom stereocenters. The average molecular weight is 312 g/mol. The van der Waals surface area contributed by atoms with Crippen LogP contribution in [0, 0.1) is 11.6 Å². The standard InChI is InChI=1S/C13H10F2N2O3S/c14-8-3-1-4-9(7-8)21(19,20)17-11-6-2-5-10(12(11)15)13(16)18/h1-7,17H,(H2,16,18). The predicted octanol–water partition coefficient (Wildman–Crippen LogP) is 1.86. The Morgan fingerprint density at radius 2 is 1.76 bits per heavy atom. The van der Waals surface area contributed by atoms with Crippen LogP contribution >= 0.6 is 0 Å². The molecule has 0 atom stereocenters. The minimum atomic E-state index is -4.18. The Morgan fingerprint density at radius 3 is 2.38 bits per heavy atom. The fraction of sp³-hybridized carbons (Fsp3) is 0. The number of nitrogens with one attached hydrogen (secondary N) is 1. The van der Waals surface area contributed by atoms with Crippen LogP contribution in [0.15, 0.2) is 47.4 Å². The van der Waals surface area contributed by atoms with E-state index < -0.39 is 38.8 Å². The molecule has 3 N–H and O–H groups in total. The number of amides is 1. The molecule has 0 saturated heterocycles. The molecule has 1 amide bonds. The highest BCUT2D eigenvalue weighted by atomic mass is 32.2. The molecular formula is C13H10F2N2O3S. The number of carbonyl (C=O) groups excluding carboxylic acids is 1. The van der Waals surface area contributed by atoms with E-state index in [-0.39, 0.29) is 4.90 Å². The third-order valence-electron chi connectivity index (χ3n) is 2.61. The van der Waals surface area contributed by atoms with E-state index in [1.165, 1.54) is 12.1 Å². The second-order valence-electron chi connectivity index (χ2n) is 4.09. The Bertz CT molecular complexity index is 807. The molecule has 2 aromatic carbocycles. The van der Waals surface area contributed by atoms with Crippen molar-refractivity contribution >= 4 is 21.6 Å². The molecule has 0 spiro atoms. The van der Waals surface area contributed by atoms with E-state index in [1.807, 2.05) is 4.72 Å². The lowest BCUT2D eigenvalue weighted by atomic mass is 10.2. The topological polar surface area (TPSA) is 89.3 Å². The molecule has 0 aliphatic carbocycles. The van der Waals surface area contributed by atoms with Crippen molar-refractivity contribution in [2.24, 2.45) is 5.73 Å². The summed E-state index contributed by atoms with van der Waals surface area (Å²) in [6, 6.07) is 7.75. The maximum absolute atomic E-state index is 13.9. The van der Waals surface area contributed by atoms with E-state index in [9.17, 15) is 22.0 Å². The zero-order valence-corrected chi connectivity index (χ0v) is 11.3. The number of sulfonamides is 1. The molecular weight excluding hydrogens is 302 g/mol. The van der Waals surface area contributed by atoms with Crippen LogP contribution in [0.3, 0.4) is 0 Å². The summed E-state index contributed by atoms with van der Waals surface area (Å²) >= 11 is 0. The van der Waals surface area contributed by atoms with Crippen LogP contribution in [-0.2, 0) is 10.0 Å². The van der Waals surface area contributed by atoms with Crippen LogP contribution in [0.4, 0.5) is 14.5 Å². The van der Waals surface area contributed by atoms with E-state index in [4.69, 9.17) is 5.73 Å². The number of hydrogen-bond acceptors (Lipinski definition) is 3. The number of anilines is 1. The minimum Gasteiger partial charge on any atom is -0.366 e. The number of nitrogens with two attached hydrogens (primary N) is 1. The predicted molar refractivity (Wildman–Crippen MR) is 72.1 cm³/mol. The smallest absolute Gasteiger partial charge is 0.262 e. The van der Waals surface area contributed by atoms with Gasteiger partial charge in [0.15, 0.2) is 5.82 Å². The van der Waals surface area contributed by atoms with E-state index >= 15 is 0 Å². The summed E-state index contributed by atoms with van der Waals surface area (Å²) in [6.45, 7) is 0. The van der Waals surface area contributed by atoms with Gasteiger partial charge in [0.1, 0.15) is 5.82 Å². The molecule has 21 heavy (non-hydrogen) atoms. The van der Waals surface area contributed by atoms with Gasteiger partial charge in [-0.1, -0.05) is 12.1 Å². The summed E-state index contributed by atoms with van der Waals surface area (Å²) in [5.74, 6) is -2.87. The first kappa shape index (κ1) is 14.9. The van der Waals surface area contributed by atoms with Gasteiger partial charge in [0.05, 0.1) is 16.1 Å². The van der Waals surface area contributed by atoms with Gasteiger partial charge in [0, 0.05) is 0 Å². The first-order valence-electron chi connectivity index (χ1n) is 5.68. The first-order valence-corrected chi connectivity index (χ1v) is 7.16. The van der Waals surface area contributed by atoms with Gasteiger partial charge < -0.3 is 5.73 Å². The molecule has 110 valence electrons. The Morgan fingerprint density at radius 1 is 1.10 bits per heavy atom. The largest absolute Gasteiger partial charge is 0.366 e. The van der Waals surface area contributed by atoms with Crippen LogP contribution in [-0.4, -0.2) is 14.3 Å². The zero-order chi connectivity index (χ0) is 15.6. The summed E-state index contributed by atoms with van der Waals surface area (Å²) in [5.41, 5.74) is 4.07. The summed E-state index contributed by atoms with van der Waals surface area (Å²) in [5, 5.41) is 0. The summed E-state index contributed by atoms with van der Waals surface area (Å²) in [7, 11) is -4.18. The van der Waals surface area contributed by atoms with Crippen molar-refractivity contribution in [1.29, 1.82) is 0 Å². The summed E-state index contributed by atoms with van der Waals surface area (Å²) in [4.78, 5) is 10.6. The Kier molecular flexibility index (Phi) is 3.90. The minimum absolute atomic E-state index is 0.369. The normalized spacial score (nSPS) is 11.1. The lowest BCUT2D eigenvalue weighted by Gasteiger charge is -2.10. The van der Waals surface area contributed by atoms with Gasteiger partial charge in [-0.2, -0.15) is 0 Å². The SMILES string of the molecule is NC(=O)c1cccc(NS(=O)(=O)c2cccc(F)c2)c1F. The molecule has 2 rings (SSSR count). The molecule has 0 heterocycles. The monoisotopic (exact) mass is 312 g/mol. The lowest BCUT2D eigenvalue weighted by molar-refractivity contribution is 0.0996. The van der Waals surface area contributed by atoms with Crippen LogP contribution in [0.2, 0.25) is 0 Å². The molecule has 0 aliphatic rings. The van der Waals surface area contributed by atoms with Crippen molar-refractivity contribution in [3.63, 3.8) is 0 Å². The Balaban J connectivity index is 2.42. The molecule has 0 fully saturated rings. The second-order valence-corrected chi connectivity index (χ2v) is 5.78. The number of hydrogen-bond donors (Lipinski definition) is 2. The number of benzene rings is 2. The lowest BCUT2D eigenvalue weighted by Crippen LogP contribution is -2.17. The van der Waals surface area contributed by atoms with Gasteiger partial charge in [-0.15, -0.1) is 0 Å².